The summed E-state index contributed by atoms with van der Waals surface area (Å²) in [5.41, 5.74) is 0. The van der Waals surface area contributed by atoms with Crippen molar-refractivity contribution in [2.24, 2.45) is 0 Å². The Labute approximate surface area is 59.9 Å². The molecule has 0 rings (SSSR count). The minimum Gasteiger partial charge on any atom is -0.335 e. The van der Waals surface area contributed by atoms with Gasteiger partial charge in [-0.3, -0.25) is 0 Å². The largest absolute Gasteiger partial charge is 0.335 e. The molecule has 0 heterocycles. The average molecular weight is 145 g/mol. The first-order valence-electron chi connectivity index (χ1n) is 3.75. The van der Waals surface area contributed by atoms with E-state index >= 15 is 0 Å². The predicted molar refractivity (Wildman–Crippen MR) is 46.2 cm³/mol. The zero-order valence-corrected chi connectivity index (χ0v) is 8.28. The SMILES string of the molecule is CC[Si](C)(C)NC(C)C. The van der Waals surface area contributed by atoms with Gasteiger partial charge in [-0.1, -0.05) is 33.9 Å². The zero-order valence-electron chi connectivity index (χ0n) is 7.28. The van der Waals surface area contributed by atoms with Crippen LogP contribution in [0.2, 0.25) is 19.1 Å². The van der Waals surface area contributed by atoms with E-state index < -0.39 is 8.24 Å². The second-order valence-corrected chi connectivity index (χ2v) is 8.30. The lowest BCUT2D eigenvalue weighted by atomic mass is 10.4. The summed E-state index contributed by atoms with van der Waals surface area (Å²) < 4.78 is 0. The maximum absolute atomic E-state index is 3.61. The highest BCUT2D eigenvalue weighted by molar-refractivity contribution is 6.74. The molecule has 1 N–H and O–H groups in total. The molecule has 0 saturated heterocycles. The molecule has 1 nitrogen and oxygen atoms in total. The van der Waals surface area contributed by atoms with E-state index in [9.17, 15) is 0 Å². The smallest absolute Gasteiger partial charge is 0.119 e. The van der Waals surface area contributed by atoms with Gasteiger partial charge in [-0.05, 0) is 12.1 Å². The summed E-state index contributed by atoms with van der Waals surface area (Å²) >= 11 is 0. The average Bonchev–Trinajstić information content (AvgIpc) is 1.63. The normalized spacial score (nSPS) is 12.7. The molecule has 0 aromatic carbocycles. The Morgan fingerprint density at radius 3 is 1.89 bits per heavy atom. The summed E-state index contributed by atoms with van der Waals surface area (Å²) in [6.07, 6.45) is 0. The lowest BCUT2D eigenvalue weighted by Gasteiger charge is -2.24. The Morgan fingerprint density at radius 1 is 1.33 bits per heavy atom. The fourth-order valence-electron chi connectivity index (χ4n) is 0.884. The van der Waals surface area contributed by atoms with Crippen molar-refractivity contribution in [3.8, 4) is 0 Å². The topological polar surface area (TPSA) is 12.0 Å². The Hall–Kier alpha value is 0.177. The van der Waals surface area contributed by atoms with Crippen molar-refractivity contribution in [3.63, 3.8) is 0 Å². The molecule has 0 aliphatic rings. The van der Waals surface area contributed by atoms with E-state index in [2.05, 4.69) is 38.8 Å². The molecule has 9 heavy (non-hydrogen) atoms. The summed E-state index contributed by atoms with van der Waals surface area (Å²) in [4.78, 5) is 3.61. The summed E-state index contributed by atoms with van der Waals surface area (Å²) in [7, 11) is -0.990. The van der Waals surface area contributed by atoms with E-state index in [1.54, 1.807) is 0 Å². The molecule has 0 fully saturated rings. The van der Waals surface area contributed by atoms with Gasteiger partial charge in [0.15, 0.2) is 0 Å². The first kappa shape index (κ1) is 9.18. The maximum Gasteiger partial charge on any atom is 0.119 e. The van der Waals surface area contributed by atoms with Gasteiger partial charge in [0, 0.05) is 0 Å². The van der Waals surface area contributed by atoms with Crippen molar-refractivity contribution < 1.29 is 0 Å². The van der Waals surface area contributed by atoms with E-state index in [1.165, 1.54) is 6.04 Å². The van der Waals surface area contributed by atoms with E-state index in [0.717, 1.165) is 0 Å². The zero-order chi connectivity index (χ0) is 7.49. The van der Waals surface area contributed by atoms with Crippen molar-refractivity contribution in [3.05, 3.63) is 0 Å². The van der Waals surface area contributed by atoms with E-state index in [4.69, 9.17) is 0 Å². The van der Waals surface area contributed by atoms with Gasteiger partial charge in [0.05, 0.1) is 0 Å². The van der Waals surface area contributed by atoms with Crippen LogP contribution in [0.15, 0.2) is 0 Å². The highest BCUT2D eigenvalue weighted by Crippen LogP contribution is 2.03. The molecular weight excluding hydrogens is 126 g/mol. The fraction of sp³-hybridized carbons (Fsp3) is 1.00. The molecule has 0 unspecified atom stereocenters. The summed E-state index contributed by atoms with van der Waals surface area (Å²) in [6.45, 7) is 11.4. The van der Waals surface area contributed by atoms with Crippen molar-refractivity contribution in [2.75, 3.05) is 0 Å². The minimum absolute atomic E-state index is 0.659. The molecule has 0 aromatic rings. The van der Waals surface area contributed by atoms with Crippen LogP contribution in [-0.4, -0.2) is 14.3 Å². The van der Waals surface area contributed by atoms with Gasteiger partial charge in [-0.15, -0.1) is 0 Å². The third kappa shape index (κ3) is 4.67. The van der Waals surface area contributed by atoms with Crippen molar-refractivity contribution in [1.82, 2.24) is 4.98 Å². The Balaban J connectivity index is 3.58. The van der Waals surface area contributed by atoms with Gasteiger partial charge in [0.25, 0.3) is 0 Å². The van der Waals surface area contributed by atoms with Gasteiger partial charge in [0.1, 0.15) is 8.24 Å². The van der Waals surface area contributed by atoms with Crippen LogP contribution < -0.4 is 4.98 Å². The van der Waals surface area contributed by atoms with E-state index in [1.807, 2.05) is 0 Å². The lowest BCUT2D eigenvalue weighted by Crippen LogP contribution is -2.47. The molecule has 0 amide bonds. The molecule has 0 bridgehead atoms. The van der Waals surface area contributed by atoms with Crippen LogP contribution in [-0.2, 0) is 0 Å². The molecule has 0 atom stereocenters. The first-order valence-corrected chi connectivity index (χ1v) is 6.96. The second kappa shape index (κ2) is 3.37. The molecular formula is C7H19NSi. The van der Waals surface area contributed by atoms with Crippen LogP contribution in [0.25, 0.3) is 0 Å². The first-order chi connectivity index (χ1) is 3.98. The van der Waals surface area contributed by atoms with Gasteiger partial charge in [-0.25, -0.2) is 0 Å². The number of hydrogen-bond donors (Lipinski definition) is 1. The summed E-state index contributed by atoms with van der Waals surface area (Å²) in [6, 6.07) is 1.98. The van der Waals surface area contributed by atoms with Crippen LogP contribution >= 0.6 is 0 Å². The van der Waals surface area contributed by atoms with Crippen molar-refractivity contribution in [1.29, 1.82) is 0 Å². The quantitative estimate of drug-likeness (QED) is 0.600. The number of nitrogens with one attached hydrogen (secondary N) is 1. The van der Waals surface area contributed by atoms with Crippen LogP contribution in [0.3, 0.4) is 0 Å². The standard InChI is InChI=1S/C7H19NSi/c1-6-9(4,5)8-7(2)3/h7-8H,6H2,1-5H3. The van der Waals surface area contributed by atoms with Gasteiger partial charge < -0.3 is 4.98 Å². The van der Waals surface area contributed by atoms with E-state index in [-0.39, 0.29) is 0 Å². The molecule has 0 radical (unpaired) electrons. The molecule has 0 aliphatic carbocycles. The van der Waals surface area contributed by atoms with Crippen LogP contribution in [0, 0.1) is 0 Å². The Bertz CT molecular complexity index is 79.0. The fourth-order valence-corrected chi connectivity index (χ4v) is 2.65. The third-order valence-corrected chi connectivity index (χ3v) is 4.69. The van der Waals surface area contributed by atoms with E-state index in [0.29, 0.717) is 6.04 Å². The molecule has 56 valence electrons. The van der Waals surface area contributed by atoms with Crippen molar-refractivity contribution in [2.45, 2.75) is 46.0 Å². The lowest BCUT2D eigenvalue weighted by molar-refractivity contribution is 0.729. The monoisotopic (exact) mass is 145 g/mol. The molecule has 0 aromatic heterocycles. The summed E-state index contributed by atoms with van der Waals surface area (Å²) in [5, 5.41) is 0. The van der Waals surface area contributed by atoms with Crippen LogP contribution in [0.4, 0.5) is 0 Å². The van der Waals surface area contributed by atoms with Crippen LogP contribution in [0.5, 0.6) is 0 Å². The molecule has 0 spiro atoms. The maximum atomic E-state index is 3.61. The minimum atomic E-state index is -0.990. The van der Waals surface area contributed by atoms with Gasteiger partial charge >= 0.3 is 0 Å². The Kier molecular flexibility index (Phi) is 3.44. The number of rotatable bonds is 3. The summed E-state index contributed by atoms with van der Waals surface area (Å²) in [5.74, 6) is 0. The highest BCUT2D eigenvalue weighted by Gasteiger charge is 2.17. The third-order valence-electron chi connectivity index (χ3n) is 1.56. The van der Waals surface area contributed by atoms with Gasteiger partial charge in [0.2, 0.25) is 0 Å². The van der Waals surface area contributed by atoms with Crippen molar-refractivity contribution >= 4 is 8.24 Å². The second-order valence-electron chi connectivity index (χ2n) is 3.54. The molecule has 0 aliphatic heterocycles. The highest BCUT2D eigenvalue weighted by atomic mass is 28.3. The predicted octanol–water partition coefficient (Wildman–Crippen LogP) is 2.21. The number of hydrogen-bond acceptors (Lipinski definition) is 1. The van der Waals surface area contributed by atoms with Gasteiger partial charge in [-0.2, -0.15) is 0 Å². The van der Waals surface area contributed by atoms with Crippen LogP contribution in [0.1, 0.15) is 20.8 Å². The Morgan fingerprint density at radius 2 is 1.78 bits per heavy atom. The molecule has 2 heteroatoms. The molecule has 0 saturated carbocycles.